The average molecular weight is 214 g/mol. The van der Waals surface area contributed by atoms with Gasteiger partial charge in [-0.3, -0.25) is 4.79 Å². The summed E-state index contributed by atoms with van der Waals surface area (Å²) in [5.74, 6) is -0.103. The van der Waals surface area contributed by atoms with Crippen molar-refractivity contribution in [3.63, 3.8) is 0 Å². The summed E-state index contributed by atoms with van der Waals surface area (Å²) in [5.41, 5.74) is 1.12. The Bertz CT molecular complexity index is 221. The summed E-state index contributed by atoms with van der Waals surface area (Å²) in [6.07, 6.45) is 2.69. The quantitative estimate of drug-likeness (QED) is 0.544. The molecule has 0 spiro atoms. The van der Waals surface area contributed by atoms with Gasteiger partial charge >= 0.3 is 5.97 Å². The number of aliphatic hydroxyl groups is 1. The van der Waals surface area contributed by atoms with Gasteiger partial charge in [-0.15, -0.1) is 0 Å². The summed E-state index contributed by atoms with van der Waals surface area (Å²) < 4.78 is 4.92. The summed E-state index contributed by atoms with van der Waals surface area (Å²) in [5, 5.41) is 8.87. The van der Waals surface area contributed by atoms with E-state index in [0.29, 0.717) is 13.0 Å². The molecule has 88 valence electrons. The largest absolute Gasteiger partial charge is 0.466 e. The van der Waals surface area contributed by atoms with Crippen LogP contribution >= 0.6 is 0 Å². The van der Waals surface area contributed by atoms with Gasteiger partial charge in [-0.25, -0.2) is 0 Å². The molecule has 0 aromatic rings. The smallest absolute Gasteiger partial charge is 0.308 e. The van der Waals surface area contributed by atoms with Crippen LogP contribution in [0.15, 0.2) is 11.6 Å². The molecule has 0 heterocycles. The van der Waals surface area contributed by atoms with Gasteiger partial charge in [0, 0.05) is 6.61 Å². The Balaban J connectivity index is 4.10. The summed E-state index contributed by atoms with van der Waals surface area (Å²) in [6.45, 7) is 8.16. The van der Waals surface area contributed by atoms with Crippen molar-refractivity contribution in [2.75, 3.05) is 13.2 Å². The van der Waals surface area contributed by atoms with Crippen LogP contribution in [0.4, 0.5) is 0 Å². The van der Waals surface area contributed by atoms with Crippen LogP contribution in [-0.2, 0) is 9.53 Å². The molecule has 0 amide bonds. The molecule has 2 atom stereocenters. The zero-order chi connectivity index (χ0) is 11.8. The van der Waals surface area contributed by atoms with E-state index in [1.165, 1.54) is 0 Å². The maximum absolute atomic E-state index is 11.3. The fourth-order valence-electron chi connectivity index (χ4n) is 1.46. The minimum Gasteiger partial charge on any atom is -0.466 e. The van der Waals surface area contributed by atoms with Gasteiger partial charge in [-0.2, -0.15) is 0 Å². The van der Waals surface area contributed by atoms with Crippen molar-refractivity contribution < 1.29 is 14.6 Å². The fraction of sp³-hybridized carbons (Fsp3) is 0.750. The fourth-order valence-corrected chi connectivity index (χ4v) is 1.46. The molecule has 0 unspecified atom stereocenters. The first-order valence-electron chi connectivity index (χ1n) is 5.46. The third-order valence-electron chi connectivity index (χ3n) is 2.17. The molecule has 0 aliphatic carbocycles. The molecule has 0 fully saturated rings. The minimum absolute atomic E-state index is 0.105. The van der Waals surface area contributed by atoms with Crippen LogP contribution in [0.25, 0.3) is 0 Å². The highest BCUT2D eigenvalue weighted by Crippen LogP contribution is 2.14. The van der Waals surface area contributed by atoms with E-state index in [-0.39, 0.29) is 24.4 Å². The number of rotatable bonds is 6. The van der Waals surface area contributed by atoms with E-state index in [9.17, 15) is 4.79 Å². The van der Waals surface area contributed by atoms with Crippen molar-refractivity contribution in [1.29, 1.82) is 0 Å². The molecule has 15 heavy (non-hydrogen) atoms. The van der Waals surface area contributed by atoms with Gasteiger partial charge < -0.3 is 9.84 Å². The van der Waals surface area contributed by atoms with E-state index >= 15 is 0 Å². The van der Waals surface area contributed by atoms with Crippen LogP contribution < -0.4 is 0 Å². The van der Waals surface area contributed by atoms with Gasteiger partial charge in [0.15, 0.2) is 0 Å². The lowest BCUT2D eigenvalue weighted by Gasteiger charge is -2.11. The summed E-state index contributed by atoms with van der Waals surface area (Å²) in [7, 11) is 0. The minimum atomic E-state index is -0.151. The number of hydrogen-bond donors (Lipinski definition) is 1. The van der Waals surface area contributed by atoms with Crippen molar-refractivity contribution in [2.45, 2.75) is 34.1 Å². The first-order valence-corrected chi connectivity index (χ1v) is 5.46. The molecular formula is C12H22O3. The Kier molecular flexibility index (Phi) is 7.05. The van der Waals surface area contributed by atoms with E-state index < -0.39 is 0 Å². The monoisotopic (exact) mass is 214 g/mol. The summed E-state index contributed by atoms with van der Waals surface area (Å²) in [6, 6.07) is 0. The lowest BCUT2D eigenvalue weighted by molar-refractivity contribution is -0.147. The van der Waals surface area contributed by atoms with Crippen LogP contribution in [0.1, 0.15) is 34.1 Å². The Morgan fingerprint density at radius 2 is 2.07 bits per heavy atom. The molecule has 0 saturated heterocycles. The second-order valence-corrected chi connectivity index (χ2v) is 4.03. The lowest BCUT2D eigenvalue weighted by Crippen LogP contribution is -2.15. The molecule has 0 bridgehead atoms. The maximum atomic E-state index is 11.3. The van der Waals surface area contributed by atoms with Gasteiger partial charge in [-0.1, -0.05) is 25.5 Å². The van der Waals surface area contributed by atoms with Gasteiger partial charge in [0.1, 0.15) is 0 Å². The zero-order valence-corrected chi connectivity index (χ0v) is 10.1. The first kappa shape index (κ1) is 14.2. The first-order chi connectivity index (χ1) is 7.01. The number of carbonyl (C=O) groups excluding carboxylic acids is 1. The molecule has 0 aromatic carbocycles. The molecule has 3 heteroatoms. The number of aliphatic hydroxyl groups excluding tert-OH is 1. The van der Waals surface area contributed by atoms with Crippen LogP contribution in [0.3, 0.4) is 0 Å². The molecule has 0 radical (unpaired) electrons. The van der Waals surface area contributed by atoms with Crippen molar-refractivity contribution in [3.8, 4) is 0 Å². The maximum Gasteiger partial charge on any atom is 0.308 e. The average Bonchev–Trinajstić information content (AvgIpc) is 2.17. The van der Waals surface area contributed by atoms with Gasteiger partial charge in [0.2, 0.25) is 0 Å². The number of carbonyl (C=O) groups is 1. The second-order valence-electron chi connectivity index (χ2n) is 4.03. The molecule has 0 aliphatic rings. The molecule has 0 rings (SSSR count). The van der Waals surface area contributed by atoms with Crippen molar-refractivity contribution in [1.82, 2.24) is 0 Å². The third kappa shape index (κ3) is 6.28. The highest BCUT2D eigenvalue weighted by atomic mass is 16.5. The zero-order valence-electron chi connectivity index (χ0n) is 10.1. The molecular weight excluding hydrogens is 192 g/mol. The predicted octanol–water partition coefficient (Wildman–Crippen LogP) is 2.15. The number of ether oxygens (including phenoxy) is 1. The Morgan fingerprint density at radius 3 is 2.53 bits per heavy atom. The Hall–Kier alpha value is -0.830. The second kappa shape index (κ2) is 7.46. The van der Waals surface area contributed by atoms with Crippen LogP contribution in [0.2, 0.25) is 0 Å². The van der Waals surface area contributed by atoms with Crippen molar-refractivity contribution in [2.24, 2.45) is 11.8 Å². The third-order valence-corrected chi connectivity index (χ3v) is 2.17. The van der Waals surface area contributed by atoms with E-state index in [1.807, 2.05) is 26.8 Å². The lowest BCUT2D eigenvalue weighted by atomic mass is 9.99. The number of hydrogen-bond acceptors (Lipinski definition) is 3. The summed E-state index contributed by atoms with van der Waals surface area (Å²) in [4.78, 5) is 11.3. The molecule has 0 aliphatic heterocycles. The predicted molar refractivity (Wildman–Crippen MR) is 60.4 cm³/mol. The molecule has 1 N–H and O–H groups in total. The standard InChI is InChI=1S/C12H22O3/c1-5-15-12(14)11(4)7-9(2)6-10(3)8-13/h6,10-11,13H,5,7-8H2,1-4H3/b9-6+/t10-,11-/m0/s1. The van der Waals surface area contributed by atoms with E-state index in [2.05, 4.69) is 0 Å². The number of allylic oxidation sites excluding steroid dienone is 1. The van der Waals surface area contributed by atoms with Crippen molar-refractivity contribution in [3.05, 3.63) is 11.6 Å². The van der Waals surface area contributed by atoms with Gasteiger partial charge in [0.05, 0.1) is 12.5 Å². The topological polar surface area (TPSA) is 46.5 Å². The van der Waals surface area contributed by atoms with E-state index in [4.69, 9.17) is 9.84 Å². The van der Waals surface area contributed by atoms with Crippen LogP contribution in [0.5, 0.6) is 0 Å². The Labute approximate surface area is 92.1 Å². The van der Waals surface area contributed by atoms with E-state index in [0.717, 1.165) is 5.57 Å². The van der Waals surface area contributed by atoms with E-state index in [1.54, 1.807) is 6.92 Å². The van der Waals surface area contributed by atoms with Crippen LogP contribution in [-0.4, -0.2) is 24.3 Å². The normalized spacial score (nSPS) is 15.9. The van der Waals surface area contributed by atoms with Crippen molar-refractivity contribution >= 4 is 5.97 Å². The molecule has 0 aromatic heterocycles. The number of esters is 1. The Morgan fingerprint density at radius 1 is 1.47 bits per heavy atom. The molecule has 3 nitrogen and oxygen atoms in total. The molecule has 0 saturated carbocycles. The van der Waals surface area contributed by atoms with Gasteiger partial charge in [0.25, 0.3) is 0 Å². The highest BCUT2D eigenvalue weighted by Gasteiger charge is 2.14. The van der Waals surface area contributed by atoms with Gasteiger partial charge in [-0.05, 0) is 26.2 Å². The van der Waals surface area contributed by atoms with Crippen LogP contribution in [0, 0.1) is 11.8 Å². The summed E-state index contributed by atoms with van der Waals surface area (Å²) >= 11 is 0. The highest BCUT2D eigenvalue weighted by molar-refractivity contribution is 5.72. The SMILES string of the molecule is CCOC(=O)[C@@H](C)C/C(C)=C/[C@H](C)CO.